The van der Waals surface area contributed by atoms with Crippen molar-refractivity contribution >= 4 is 38.7 Å². The van der Waals surface area contributed by atoms with Gasteiger partial charge in [-0.1, -0.05) is 6.92 Å². The molecule has 0 saturated heterocycles. The van der Waals surface area contributed by atoms with Gasteiger partial charge in [-0.05, 0) is 40.5 Å². The van der Waals surface area contributed by atoms with Gasteiger partial charge in [-0.3, -0.25) is 14.9 Å². The molecule has 1 heterocycles. The van der Waals surface area contributed by atoms with Gasteiger partial charge in [0.25, 0.3) is 5.69 Å². The maximum absolute atomic E-state index is 12.0. The van der Waals surface area contributed by atoms with Gasteiger partial charge in [-0.25, -0.2) is 0 Å². The maximum atomic E-state index is 12.0. The predicted molar refractivity (Wildman–Crippen MR) is 84.3 cm³/mol. The molecule has 0 saturated carbocycles. The first-order chi connectivity index (χ1) is 10.0. The molecule has 2 rings (SSSR count). The topological polar surface area (TPSA) is 69.4 Å². The zero-order valence-corrected chi connectivity index (χ0v) is 13.6. The number of carbonyl (C=O) groups excluding carboxylic acids is 1. The largest absolute Gasteiger partial charge is 0.484 e. The van der Waals surface area contributed by atoms with E-state index >= 15 is 0 Å². The predicted octanol–water partition coefficient (Wildman–Crippen LogP) is 4.24. The smallest absolute Gasteiger partial charge is 0.273 e. The van der Waals surface area contributed by atoms with Crippen LogP contribution in [0.25, 0.3) is 0 Å². The average Bonchev–Trinajstić information content (AvgIpc) is 2.94. The van der Waals surface area contributed by atoms with Crippen molar-refractivity contribution in [1.82, 2.24) is 0 Å². The number of non-ortho nitro benzene ring substituents is 1. The van der Waals surface area contributed by atoms with Crippen molar-refractivity contribution in [2.24, 2.45) is 0 Å². The number of halogens is 1. The van der Waals surface area contributed by atoms with E-state index in [9.17, 15) is 14.9 Å². The van der Waals surface area contributed by atoms with E-state index in [2.05, 4.69) is 15.9 Å². The summed E-state index contributed by atoms with van der Waals surface area (Å²) in [6.07, 6.45) is 0.884. The van der Waals surface area contributed by atoms with Crippen LogP contribution in [0, 0.1) is 10.1 Å². The van der Waals surface area contributed by atoms with Crippen LogP contribution in [0.1, 0.15) is 21.5 Å². The SMILES string of the molecule is CCc1ccc(C(=O)COc2cc([N+](=O)[O-])ccc2Br)s1. The number of Topliss-reactive ketones (excluding diaryl/α,β-unsaturated/α-hetero) is 1. The van der Waals surface area contributed by atoms with Crippen LogP contribution in [0.2, 0.25) is 0 Å². The molecule has 0 spiro atoms. The Labute approximate surface area is 133 Å². The van der Waals surface area contributed by atoms with Crippen molar-refractivity contribution in [3.05, 3.63) is 54.7 Å². The Bertz CT molecular complexity index is 683. The van der Waals surface area contributed by atoms with E-state index in [1.165, 1.54) is 29.5 Å². The van der Waals surface area contributed by atoms with Gasteiger partial charge in [-0.15, -0.1) is 11.3 Å². The van der Waals surface area contributed by atoms with Crippen LogP contribution in [0.5, 0.6) is 5.75 Å². The molecule has 2 aromatic rings. The number of rotatable bonds is 6. The summed E-state index contributed by atoms with van der Waals surface area (Å²) in [5.41, 5.74) is -0.0787. The number of nitro groups is 1. The summed E-state index contributed by atoms with van der Waals surface area (Å²) in [5.74, 6) is 0.142. The lowest BCUT2D eigenvalue weighted by Crippen LogP contribution is -2.10. The average molecular weight is 370 g/mol. The van der Waals surface area contributed by atoms with E-state index in [4.69, 9.17) is 4.74 Å². The van der Waals surface area contributed by atoms with Gasteiger partial charge in [0.15, 0.2) is 6.61 Å². The second kappa shape index (κ2) is 6.82. The minimum atomic E-state index is -0.506. The minimum absolute atomic E-state index is 0.0787. The van der Waals surface area contributed by atoms with Crippen LogP contribution in [-0.4, -0.2) is 17.3 Å². The summed E-state index contributed by atoms with van der Waals surface area (Å²) < 4.78 is 5.96. The molecule has 0 bridgehead atoms. The van der Waals surface area contributed by atoms with Crippen LogP contribution >= 0.6 is 27.3 Å². The third kappa shape index (κ3) is 3.89. The molecular weight excluding hydrogens is 358 g/mol. The van der Waals surface area contributed by atoms with Gasteiger partial charge in [0.05, 0.1) is 20.3 Å². The van der Waals surface area contributed by atoms with E-state index in [1.807, 2.05) is 13.0 Å². The Morgan fingerprint density at radius 2 is 2.14 bits per heavy atom. The quantitative estimate of drug-likeness (QED) is 0.433. The van der Waals surface area contributed by atoms with E-state index in [0.29, 0.717) is 9.35 Å². The van der Waals surface area contributed by atoms with Crippen LogP contribution in [0.4, 0.5) is 5.69 Å². The molecule has 5 nitrogen and oxygen atoms in total. The Morgan fingerprint density at radius 3 is 2.76 bits per heavy atom. The lowest BCUT2D eigenvalue weighted by molar-refractivity contribution is -0.384. The molecule has 0 amide bonds. The first kappa shape index (κ1) is 15.7. The second-order valence-electron chi connectivity index (χ2n) is 4.20. The molecule has 0 aliphatic heterocycles. The molecule has 0 aliphatic rings. The molecular formula is C14H12BrNO4S. The van der Waals surface area contributed by atoms with Crippen molar-refractivity contribution in [2.75, 3.05) is 6.61 Å². The number of hydrogen-bond acceptors (Lipinski definition) is 5. The van der Waals surface area contributed by atoms with E-state index in [0.717, 1.165) is 11.3 Å². The van der Waals surface area contributed by atoms with Crippen molar-refractivity contribution in [2.45, 2.75) is 13.3 Å². The summed E-state index contributed by atoms with van der Waals surface area (Å²) >= 11 is 4.68. The summed E-state index contributed by atoms with van der Waals surface area (Å²) in [5, 5.41) is 10.7. The highest BCUT2D eigenvalue weighted by Gasteiger charge is 2.14. The van der Waals surface area contributed by atoms with Crippen molar-refractivity contribution in [1.29, 1.82) is 0 Å². The third-order valence-corrected chi connectivity index (χ3v) is 4.70. The molecule has 110 valence electrons. The molecule has 21 heavy (non-hydrogen) atoms. The molecule has 1 aromatic carbocycles. The lowest BCUT2D eigenvalue weighted by atomic mass is 10.3. The molecule has 0 unspecified atom stereocenters. The van der Waals surface area contributed by atoms with Crippen LogP contribution in [0.3, 0.4) is 0 Å². The maximum Gasteiger partial charge on any atom is 0.273 e. The first-order valence-corrected chi connectivity index (χ1v) is 7.81. The van der Waals surface area contributed by atoms with Gasteiger partial charge in [0.2, 0.25) is 5.78 Å². The zero-order valence-electron chi connectivity index (χ0n) is 11.2. The fourth-order valence-electron chi connectivity index (χ4n) is 1.65. The Hall–Kier alpha value is -1.73. The molecule has 0 N–H and O–H groups in total. The fourth-order valence-corrected chi connectivity index (χ4v) is 2.88. The molecule has 7 heteroatoms. The Kier molecular flexibility index (Phi) is 5.08. The summed E-state index contributed by atoms with van der Waals surface area (Å²) in [6, 6.07) is 7.88. The molecule has 0 aliphatic carbocycles. The highest BCUT2D eigenvalue weighted by Crippen LogP contribution is 2.29. The number of nitro benzene ring substituents is 1. The molecule has 0 fully saturated rings. The second-order valence-corrected chi connectivity index (χ2v) is 6.23. The van der Waals surface area contributed by atoms with Crippen molar-refractivity contribution in [3.8, 4) is 5.75 Å². The van der Waals surface area contributed by atoms with Gasteiger partial charge < -0.3 is 4.74 Å². The highest BCUT2D eigenvalue weighted by atomic mass is 79.9. The van der Waals surface area contributed by atoms with Crippen LogP contribution in [-0.2, 0) is 6.42 Å². The molecule has 1 aromatic heterocycles. The van der Waals surface area contributed by atoms with Gasteiger partial charge >= 0.3 is 0 Å². The van der Waals surface area contributed by atoms with Crippen molar-refractivity contribution in [3.63, 3.8) is 0 Å². The van der Waals surface area contributed by atoms with E-state index in [-0.39, 0.29) is 23.8 Å². The first-order valence-electron chi connectivity index (χ1n) is 6.20. The number of ether oxygens (including phenoxy) is 1. The van der Waals surface area contributed by atoms with E-state index in [1.54, 1.807) is 6.07 Å². The monoisotopic (exact) mass is 369 g/mol. The van der Waals surface area contributed by atoms with Crippen LogP contribution in [0.15, 0.2) is 34.8 Å². The minimum Gasteiger partial charge on any atom is -0.484 e. The molecule has 0 radical (unpaired) electrons. The van der Waals surface area contributed by atoms with Gasteiger partial charge in [0.1, 0.15) is 5.75 Å². The molecule has 0 atom stereocenters. The highest BCUT2D eigenvalue weighted by molar-refractivity contribution is 9.10. The number of aryl methyl sites for hydroxylation is 1. The van der Waals surface area contributed by atoms with Gasteiger partial charge in [-0.2, -0.15) is 0 Å². The number of nitrogens with zero attached hydrogens (tertiary/aromatic N) is 1. The number of benzene rings is 1. The number of carbonyl (C=O) groups is 1. The normalized spacial score (nSPS) is 10.4. The fraction of sp³-hybridized carbons (Fsp3) is 0.214. The van der Waals surface area contributed by atoms with Crippen molar-refractivity contribution < 1.29 is 14.5 Å². The van der Waals surface area contributed by atoms with Gasteiger partial charge in [0, 0.05) is 10.9 Å². The summed E-state index contributed by atoms with van der Waals surface area (Å²) in [4.78, 5) is 24.0. The van der Waals surface area contributed by atoms with Crippen LogP contribution < -0.4 is 4.74 Å². The number of thiophene rings is 1. The Morgan fingerprint density at radius 1 is 1.38 bits per heavy atom. The Balaban J connectivity index is 2.07. The number of hydrogen-bond donors (Lipinski definition) is 0. The summed E-state index contributed by atoms with van der Waals surface area (Å²) in [6.45, 7) is 1.88. The third-order valence-electron chi connectivity index (χ3n) is 2.77. The zero-order chi connectivity index (χ0) is 15.4. The summed E-state index contributed by atoms with van der Waals surface area (Å²) in [7, 11) is 0. The van der Waals surface area contributed by atoms with E-state index < -0.39 is 4.92 Å². The number of ketones is 1. The lowest BCUT2D eigenvalue weighted by Gasteiger charge is -2.06. The standard InChI is InChI=1S/C14H12BrNO4S/c1-2-10-4-6-14(21-10)12(17)8-20-13-7-9(16(18)19)3-5-11(13)15/h3-7H,2,8H2,1H3.